The van der Waals surface area contributed by atoms with Crippen LogP contribution in [0.2, 0.25) is 0 Å². The molecule has 1 aliphatic rings. The number of halogens is 1. The fourth-order valence-electron chi connectivity index (χ4n) is 1.64. The van der Waals surface area contributed by atoms with E-state index in [1.165, 1.54) is 11.4 Å². The van der Waals surface area contributed by atoms with Crippen LogP contribution in [0.25, 0.3) is 0 Å². The number of methoxy groups -OCH3 is 1. The van der Waals surface area contributed by atoms with Crippen LogP contribution in [0, 0.1) is 0 Å². The maximum absolute atomic E-state index is 11.7. The largest absolute Gasteiger partial charge is 0.384 e. The second-order valence-corrected chi connectivity index (χ2v) is 5.72. The molecule has 6 heteroatoms. The van der Waals surface area contributed by atoms with Crippen molar-refractivity contribution in [1.82, 2.24) is 4.31 Å². The van der Waals surface area contributed by atoms with Gasteiger partial charge in [-0.3, -0.25) is 0 Å². The van der Waals surface area contributed by atoms with Gasteiger partial charge in [0.25, 0.3) is 0 Å². The zero-order valence-electron chi connectivity index (χ0n) is 8.28. The van der Waals surface area contributed by atoms with Gasteiger partial charge in [0.2, 0.25) is 10.0 Å². The van der Waals surface area contributed by atoms with Crippen molar-refractivity contribution in [1.29, 1.82) is 0 Å². The summed E-state index contributed by atoms with van der Waals surface area (Å²) in [6, 6.07) is -0.0153. The number of hydrogen-bond acceptors (Lipinski definition) is 3. The smallest absolute Gasteiger partial charge is 0.216 e. The molecule has 0 radical (unpaired) electrons. The lowest BCUT2D eigenvalue weighted by atomic mass is 10.3. The highest BCUT2D eigenvalue weighted by molar-refractivity contribution is 7.89. The summed E-state index contributed by atoms with van der Waals surface area (Å²) in [5.41, 5.74) is 0. The molecule has 0 aromatic heterocycles. The summed E-state index contributed by atoms with van der Waals surface area (Å²) in [4.78, 5) is 0. The first-order chi connectivity index (χ1) is 6.61. The summed E-state index contributed by atoms with van der Waals surface area (Å²) >= 11 is 5.71. The second kappa shape index (κ2) is 5.30. The van der Waals surface area contributed by atoms with Crippen LogP contribution >= 0.6 is 11.6 Å². The lowest BCUT2D eigenvalue weighted by molar-refractivity contribution is 0.215. The molecule has 1 atom stereocenters. The van der Waals surface area contributed by atoms with Crippen LogP contribution in [-0.4, -0.2) is 50.7 Å². The molecule has 14 heavy (non-hydrogen) atoms. The van der Waals surface area contributed by atoms with E-state index >= 15 is 0 Å². The minimum absolute atomic E-state index is 0.0153. The van der Waals surface area contributed by atoms with E-state index in [1.54, 1.807) is 0 Å². The van der Waals surface area contributed by atoms with Gasteiger partial charge in [-0.05, 0) is 12.8 Å². The number of rotatable bonds is 5. The molecule has 0 aromatic carbocycles. The minimum Gasteiger partial charge on any atom is -0.384 e. The van der Waals surface area contributed by atoms with Gasteiger partial charge in [0.05, 0.1) is 12.4 Å². The molecule has 1 aliphatic heterocycles. The van der Waals surface area contributed by atoms with Gasteiger partial charge >= 0.3 is 0 Å². The SMILES string of the molecule is COCCS(=O)(=O)N1CCCC1CCl. The van der Waals surface area contributed by atoms with Gasteiger partial charge in [-0.1, -0.05) is 0 Å². The van der Waals surface area contributed by atoms with Crippen LogP contribution in [-0.2, 0) is 14.8 Å². The van der Waals surface area contributed by atoms with E-state index < -0.39 is 10.0 Å². The topological polar surface area (TPSA) is 46.6 Å². The predicted octanol–water partition coefficient (Wildman–Crippen LogP) is 0.666. The Balaban J connectivity index is 2.61. The van der Waals surface area contributed by atoms with Crippen LogP contribution in [0.1, 0.15) is 12.8 Å². The lowest BCUT2D eigenvalue weighted by Crippen LogP contribution is -2.38. The Hall–Kier alpha value is 0.160. The van der Waals surface area contributed by atoms with Crippen molar-refractivity contribution in [3.63, 3.8) is 0 Å². The molecule has 1 heterocycles. The van der Waals surface area contributed by atoms with Crippen molar-refractivity contribution >= 4 is 21.6 Å². The molecule has 0 bridgehead atoms. The molecular formula is C8H16ClNO3S. The molecule has 0 aliphatic carbocycles. The third kappa shape index (κ3) is 2.82. The number of nitrogens with zero attached hydrogens (tertiary/aromatic N) is 1. The molecule has 0 aromatic rings. The van der Waals surface area contributed by atoms with Crippen molar-refractivity contribution in [2.75, 3.05) is 31.9 Å². The first-order valence-electron chi connectivity index (χ1n) is 4.66. The molecule has 1 saturated heterocycles. The monoisotopic (exact) mass is 241 g/mol. The van der Waals surface area contributed by atoms with E-state index in [2.05, 4.69) is 0 Å². The van der Waals surface area contributed by atoms with Crippen LogP contribution in [0.4, 0.5) is 0 Å². The number of hydrogen-bond donors (Lipinski definition) is 0. The van der Waals surface area contributed by atoms with Crippen molar-refractivity contribution in [3.8, 4) is 0 Å². The molecule has 1 unspecified atom stereocenters. The van der Waals surface area contributed by atoms with Gasteiger partial charge in [0, 0.05) is 25.6 Å². The average Bonchev–Trinajstić information content (AvgIpc) is 2.63. The fourth-order valence-corrected chi connectivity index (χ4v) is 3.69. The van der Waals surface area contributed by atoms with E-state index in [0.717, 1.165) is 12.8 Å². The molecule has 0 amide bonds. The normalized spacial score (nSPS) is 24.3. The quantitative estimate of drug-likeness (QED) is 0.665. The maximum Gasteiger partial charge on any atom is 0.216 e. The standard InChI is InChI=1S/C8H16ClNO3S/c1-13-5-6-14(11,12)10-4-2-3-8(10)7-9/h8H,2-7H2,1H3. The first-order valence-corrected chi connectivity index (χ1v) is 6.80. The highest BCUT2D eigenvalue weighted by Crippen LogP contribution is 2.22. The molecule has 0 N–H and O–H groups in total. The van der Waals surface area contributed by atoms with Gasteiger partial charge in [0.15, 0.2) is 0 Å². The molecule has 0 saturated carbocycles. The summed E-state index contributed by atoms with van der Waals surface area (Å²) in [6.07, 6.45) is 1.78. The molecule has 84 valence electrons. The number of ether oxygens (including phenoxy) is 1. The summed E-state index contributed by atoms with van der Waals surface area (Å²) < 4.78 is 29.8. The number of alkyl halides is 1. The Labute approximate surface area is 90.2 Å². The average molecular weight is 242 g/mol. The van der Waals surface area contributed by atoms with Crippen molar-refractivity contribution < 1.29 is 13.2 Å². The third-order valence-electron chi connectivity index (χ3n) is 2.40. The van der Waals surface area contributed by atoms with Crippen LogP contribution in [0.3, 0.4) is 0 Å². The van der Waals surface area contributed by atoms with Crippen LogP contribution in [0.15, 0.2) is 0 Å². The molecule has 1 rings (SSSR count). The molecule has 0 spiro atoms. The van der Waals surface area contributed by atoms with E-state index in [4.69, 9.17) is 16.3 Å². The molecule has 4 nitrogen and oxygen atoms in total. The van der Waals surface area contributed by atoms with E-state index in [-0.39, 0.29) is 18.4 Å². The van der Waals surface area contributed by atoms with Crippen LogP contribution in [0.5, 0.6) is 0 Å². The van der Waals surface area contributed by atoms with Crippen molar-refractivity contribution in [2.45, 2.75) is 18.9 Å². The molecule has 1 fully saturated rings. The fraction of sp³-hybridized carbons (Fsp3) is 1.00. The number of sulfonamides is 1. The van der Waals surface area contributed by atoms with Gasteiger partial charge < -0.3 is 4.74 Å². The Morgan fingerprint density at radius 3 is 2.86 bits per heavy atom. The van der Waals surface area contributed by atoms with Crippen molar-refractivity contribution in [2.24, 2.45) is 0 Å². The zero-order valence-corrected chi connectivity index (χ0v) is 9.85. The Morgan fingerprint density at radius 1 is 1.57 bits per heavy atom. The Morgan fingerprint density at radius 2 is 2.29 bits per heavy atom. The minimum atomic E-state index is -3.16. The van der Waals surface area contributed by atoms with Crippen LogP contribution < -0.4 is 0 Å². The zero-order chi connectivity index (χ0) is 10.6. The Kier molecular flexibility index (Phi) is 4.63. The van der Waals surface area contributed by atoms with E-state index in [1.807, 2.05) is 0 Å². The first kappa shape index (κ1) is 12.2. The van der Waals surface area contributed by atoms with E-state index in [0.29, 0.717) is 12.4 Å². The highest BCUT2D eigenvalue weighted by atomic mass is 35.5. The maximum atomic E-state index is 11.7. The van der Waals surface area contributed by atoms with Gasteiger partial charge in [-0.15, -0.1) is 11.6 Å². The summed E-state index contributed by atoms with van der Waals surface area (Å²) in [5.74, 6) is 0.434. The third-order valence-corrected chi connectivity index (χ3v) is 4.64. The highest BCUT2D eigenvalue weighted by Gasteiger charge is 2.32. The lowest BCUT2D eigenvalue weighted by Gasteiger charge is -2.21. The van der Waals surface area contributed by atoms with Crippen molar-refractivity contribution in [3.05, 3.63) is 0 Å². The Bertz CT molecular complexity index is 268. The van der Waals surface area contributed by atoms with Gasteiger partial charge in [0.1, 0.15) is 0 Å². The summed E-state index contributed by atoms with van der Waals surface area (Å²) in [5, 5.41) is 0. The predicted molar refractivity (Wildman–Crippen MR) is 56.1 cm³/mol. The van der Waals surface area contributed by atoms with Gasteiger partial charge in [-0.2, -0.15) is 4.31 Å². The van der Waals surface area contributed by atoms with Gasteiger partial charge in [-0.25, -0.2) is 8.42 Å². The molecular weight excluding hydrogens is 226 g/mol. The summed E-state index contributed by atoms with van der Waals surface area (Å²) in [7, 11) is -1.66. The second-order valence-electron chi connectivity index (χ2n) is 3.37. The van der Waals surface area contributed by atoms with E-state index in [9.17, 15) is 8.42 Å². The summed E-state index contributed by atoms with van der Waals surface area (Å²) in [6.45, 7) is 0.845.